The van der Waals surface area contributed by atoms with E-state index in [-0.39, 0.29) is 24.0 Å². The number of rotatable bonds is 9. The second-order valence-electron chi connectivity index (χ2n) is 10.0. The van der Waals surface area contributed by atoms with Gasteiger partial charge in [-0.15, -0.1) is 0 Å². The van der Waals surface area contributed by atoms with Crippen molar-refractivity contribution in [1.29, 1.82) is 0 Å². The minimum absolute atomic E-state index is 0.0202. The number of aliphatic hydroxyl groups is 1. The number of aliphatic hydroxyl groups excluding tert-OH is 1. The van der Waals surface area contributed by atoms with Crippen LogP contribution in [0, 0.1) is 11.6 Å². The van der Waals surface area contributed by atoms with Gasteiger partial charge in [0.1, 0.15) is 23.9 Å². The Hall–Kier alpha value is -2.76. The summed E-state index contributed by atoms with van der Waals surface area (Å²) in [4.78, 5) is 7.79. The van der Waals surface area contributed by atoms with Gasteiger partial charge in [0, 0.05) is 61.1 Å². The number of anilines is 1. The van der Waals surface area contributed by atoms with E-state index in [1.807, 2.05) is 4.90 Å². The van der Waals surface area contributed by atoms with Crippen LogP contribution < -0.4 is 5.32 Å². The molecule has 2 atom stereocenters. The van der Waals surface area contributed by atoms with Crippen LogP contribution in [-0.4, -0.2) is 81.8 Å². The molecule has 2 N–H and O–H groups in total. The van der Waals surface area contributed by atoms with Gasteiger partial charge in [-0.2, -0.15) is 0 Å². The summed E-state index contributed by atoms with van der Waals surface area (Å²) in [5, 5.41) is 12.3. The lowest BCUT2D eigenvalue weighted by Gasteiger charge is -2.43. The van der Waals surface area contributed by atoms with Crippen molar-refractivity contribution in [3.8, 4) is 0 Å². The number of benzene rings is 1. The summed E-state index contributed by atoms with van der Waals surface area (Å²) in [5.41, 5.74) is 1.81. The lowest BCUT2D eigenvalue weighted by atomic mass is 9.85. The van der Waals surface area contributed by atoms with Crippen molar-refractivity contribution in [2.45, 2.75) is 43.8 Å². The number of imidazole rings is 1. The van der Waals surface area contributed by atoms with E-state index >= 15 is 8.78 Å². The highest BCUT2D eigenvalue weighted by Crippen LogP contribution is 2.42. The van der Waals surface area contributed by atoms with Gasteiger partial charge >= 0.3 is 0 Å². The molecule has 5 rings (SSSR count). The van der Waals surface area contributed by atoms with Crippen molar-refractivity contribution in [2.24, 2.45) is 0 Å². The highest BCUT2D eigenvalue weighted by molar-refractivity contribution is 5.57. The second-order valence-corrected chi connectivity index (χ2v) is 10.0. The van der Waals surface area contributed by atoms with Gasteiger partial charge in [-0.05, 0) is 43.5 Å². The number of pyridine rings is 1. The van der Waals surface area contributed by atoms with Crippen LogP contribution in [0.25, 0.3) is 5.65 Å². The fraction of sp³-hybridized carbons (Fsp3) is 0.500. The van der Waals surface area contributed by atoms with Crippen LogP contribution in [0.1, 0.15) is 36.1 Å². The molecule has 0 unspecified atom stereocenters. The number of fused-ring (bicyclic) bond motifs is 3. The van der Waals surface area contributed by atoms with Crippen LogP contribution in [-0.2, 0) is 6.42 Å². The molecule has 6 nitrogen and oxygen atoms in total. The summed E-state index contributed by atoms with van der Waals surface area (Å²) in [7, 11) is 0. The van der Waals surface area contributed by atoms with Gasteiger partial charge in [-0.3, -0.25) is 14.2 Å². The Kier molecular flexibility index (Phi) is 7.12. The third kappa shape index (κ3) is 5.04. The molecule has 1 aromatic carbocycles. The average Bonchev–Trinajstić information content (AvgIpc) is 3.31. The Balaban J connectivity index is 1.50. The molecule has 2 aromatic heterocycles. The van der Waals surface area contributed by atoms with Crippen LogP contribution in [0.4, 0.5) is 27.6 Å². The van der Waals surface area contributed by atoms with E-state index < -0.39 is 42.8 Å². The van der Waals surface area contributed by atoms with Gasteiger partial charge in [0.15, 0.2) is 0 Å². The fourth-order valence-corrected chi connectivity index (χ4v) is 5.55. The lowest BCUT2D eigenvalue weighted by Crippen LogP contribution is -2.54. The molecule has 1 saturated heterocycles. The number of hydrogen-bond donors (Lipinski definition) is 2. The SMILES string of the molecule is C[C@@H]1Cc2c(ccn3ccnc23)[C@@H](c2c(F)cc(NC3CN(CCCF)C3)cc2F)N1CC(F)(F)CO. The molecule has 37 heavy (non-hydrogen) atoms. The zero-order valence-corrected chi connectivity index (χ0v) is 20.5. The topological polar surface area (TPSA) is 56.0 Å². The number of likely N-dealkylation sites (tertiary alicyclic amines) is 1. The standard InChI is InChI=1S/C26H30F5N5O/c1-16-9-20-19(3-7-35-8-5-32-25(20)35)24(36(16)14-26(30,31)15-37)23-21(28)10-17(11-22(23)29)33-18-12-34(13-18)6-2-4-27/h3,5,7-8,10-11,16,18,24,33,37H,2,4,6,9,12-15H2,1H3/t16-,24+/m1/s1. The predicted octanol–water partition coefficient (Wildman–Crippen LogP) is 4.03. The summed E-state index contributed by atoms with van der Waals surface area (Å²) in [6.07, 6.45) is 5.87. The minimum Gasteiger partial charge on any atom is -0.390 e. The molecular formula is C26H30F5N5O. The van der Waals surface area contributed by atoms with Crippen molar-refractivity contribution < 1.29 is 27.1 Å². The normalized spacial score (nSPS) is 21.3. The molecule has 1 fully saturated rings. The van der Waals surface area contributed by atoms with E-state index in [1.165, 1.54) is 17.0 Å². The zero-order chi connectivity index (χ0) is 26.3. The Bertz CT molecular complexity index is 1240. The van der Waals surface area contributed by atoms with Crippen LogP contribution in [0.3, 0.4) is 0 Å². The Morgan fingerprint density at radius 2 is 1.89 bits per heavy atom. The Morgan fingerprint density at radius 1 is 1.16 bits per heavy atom. The maximum Gasteiger partial charge on any atom is 0.283 e. The van der Waals surface area contributed by atoms with Gasteiger partial charge in [0.05, 0.1) is 25.3 Å². The van der Waals surface area contributed by atoms with E-state index in [4.69, 9.17) is 0 Å². The number of aromatic nitrogens is 2. The Morgan fingerprint density at radius 3 is 2.57 bits per heavy atom. The van der Waals surface area contributed by atoms with E-state index in [0.29, 0.717) is 43.7 Å². The fourth-order valence-electron chi connectivity index (χ4n) is 5.55. The first kappa shape index (κ1) is 25.9. The number of nitrogens with one attached hydrogen (secondary N) is 1. The first-order valence-electron chi connectivity index (χ1n) is 12.4. The first-order chi connectivity index (χ1) is 17.7. The van der Waals surface area contributed by atoms with E-state index in [1.54, 1.807) is 36.0 Å². The summed E-state index contributed by atoms with van der Waals surface area (Å²) >= 11 is 0. The number of halogens is 5. The van der Waals surface area contributed by atoms with Gasteiger partial charge < -0.3 is 14.8 Å². The van der Waals surface area contributed by atoms with Gasteiger partial charge in [-0.1, -0.05) is 0 Å². The van der Waals surface area contributed by atoms with E-state index in [0.717, 1.165) is 5.56 Å². The molecule has 2 aliphatic rings. The number of alkyl halides is 3. The average molecular weight is 524 g/mol. The van der Waals surface area contributed by atoms with Crippen molar-refractivity contribution in [1.82, 2.24) is 19.2 Å². The molecule has 0 saturated carbocycles. The van der Waals surface area contributed by atoms with Crippen LogP contribution in [0.15, 0.2) is 36.8 Å². The maximum atomic E-state index is 15.7. The number of nitrogens with zero attached hydrogens (tertiary/aromatic N) is 4. The summed E-state index contributed by atoms with van der Waals surface area (Å²) in [5.74, 6) is -5.14. The molecule has 11 heteroatoms. The van der Waals surface area contributed by atoms with Crippen LogP contribution >= 0.6 is 0 Å². The molecule has 200 valence electrons. The van der Waals surface area contributed by atoms with Gasteiger partial charge in [0.25, 0.3) is 5.92 Å². The third-order valence-corrected chi connectivity index (χ3v) is 7.33. The number of hydrogen-bond acceptors (Lipinski definition) is 5. The molecule has 0 amide bonds. The maximum absolute atomic E-state index is 15.7. The first-order valence-corrected chi connectivity index (χ1v) is 12.4. The molecular weight excluding hydrogens is 493 g/mol. The molecule has 0 aliphatic carbocycles. The molecule has 3 aromatic rings. The zero-order valence-electron chi connectivity index (χ0n) is 20.5. The van der Waals surface area contributed by atoms with Crippen molar-refractivity contribution in [2.75, 3.05) is 44.8 Å². The molecule has 0 bridgehead atoms. The largest absolute Gasteiger partial charge is 0.390 e. The minimum atomic E-state index is -3.45. The molecule has 0 radical (unpaired) electrons. The highest BCUT2D eigenvalue weighted by atomic mass is 19.3. The van der Waals surface area contributed by atoms with Crippen molar-refractivity contribution in [3.63, 3.8) is 0 Å². The van der Waals surface area contributed by atoms with E-state index in [9.17, 15) is 18.3 Å². The van der Waals surface area contributed by atoms with E-state index in [2.05, 4.69) is 10.3 Å². The van der Waals surface area contributed by atoms with Crippen molar-refractivity contribution in [3.05, 3.63) is 65.1 Å². The second kappa shape index (κ2) is 10.2. The molecule has 0 spiro atoms. The third-order valence-electron chi connectivity index (χ3n) is 7.33. The van der Waals surface area contributed by atoms with Gasteiger partial charge in [0.2, 0.25) is 0 Å². The lowest BCUT2D eigenvalue weighted by molar-refractivity contribution is -0.0866. The smallest absolute Gasteiger partial charge is 0.283 e. The Labute approximate surface area is 211 Å². The summed E-state index contributed by atoms with van der Waals surface area (Å²) < 4.78 is 74.3. The predicted molar refractivity (Wildman–Crippen MR) is 130 cm³/mol. The quantitative estimate of drug-likeness (QED) is 0.415. The molecule has 2 aliphatic heterocycles. The monoisotopic (exact) mass is 523 g/mol. The summed E-state index contributed by atoms with van der Waals surface area (Å²) in [6, 6.07) is 2.42. The van der Waals surface area contributed by atoms with Crippen molar-refractivity contribution >= 4 is 11.3 Å². The van der Waals surface area contributed by atoms with Gasteiger partial charge in [-0.25, -0.2) is 22.5 Å². The van der Waals surface area contributed by atoms with Crippen LogP contribution in [0.2, 0.25) is 0 Å². The summed E-state index contributed by atoms with van der Waals surface area (Å²) in [6.45, 7) is 1.03. The highest BCUT2D eigenvalue weighted by Gasteiger charge is 2.43. The van der Waals surface area contributed by atoms with Crippen LogP contribution in [0.5, 0.6) is 0 Å². The molecule has 4 heterocycles.